The number of carboxylic acid groups (broad SMARTS) is 3. The number of likely N-dealkylation sites (N-methyl/N-ethyl adjacent to an activating group) is 1. The molecule has 352 valence electrons. The van der Waals surface area contributed by atoms with Crippen molar-refractivity contribution in [3.8, 4) is 0 Å². The topological polar surface area (TPSA) is 365 Å². The monoisotopic (exact) mass is 904 g/mol. The summed E-state index contributed by atoms with van der Waals surface area (Å²) in [4.78, 5) is 139. The molecule has 24 heteroatoms. The summed E-state index contributed by atoms with van der Waals surface area (Å²) in [6.07, 6.45) is -1.17. The van der Waals surface area contributed by atoms with Crippen molar-refractivity contribution < 1.29 is 73.2 Å². The molecule has 0 bridgehead atoms. The third-order valence-corrected chi connectivity index (χ3v) is 9.54. The molecule has 0 aromatic rings. The number of hydrogen-bond donors (Lipinski definition) is 12. The van der Waals surface area contributed by atoms with Crippen molar-refractivity contribution in [2.45, 2.75) is 135 Å². The lowest BCUT2D eigenvalue weighted by molar-refractivity contribution is -0.140. The lowest BCUT2D eigenvalue weighted by atomic mass is 10.0. The second kappa shape index (κ2) is 29.7. The van der Waals surface area contributed by atoms with Crippen LogP contribution in [0.5, 0.6) is 0 Å². The van der Waals surface area contributed by atoms with Gasteiger partial charge >= 0.3 is 17.9 Å². The van der Waals surface area contributed by atoms with Crippen molar-refractivity contribution in [1.29, 1.82) is 0 Å². The van der Waals surface area contributed by atoms with Crippen LogP contribution in [0.2, 0.25) is 0 Å². The predicted molar refractivity (Wildman–Crippen MR) is 223 cm³/mol. The van der Waals surface area contributed by atoms with Gasteiger partial charge in [0.05, 0.1) is 6.61 Å². The van der Waals surface area contributed by atoms with E-state index in [1.165, 1.54) is 32.5 Å². The molecule has 8 amide bonds. The van der Waals surface area contributed by atoms with E-state index in [0.29, 0.717) is 5.75 Å². The number of carbonyl (C=O) groups is 11. The van der Waals surface area contributed by atoms with Gasteiger partial charge in [0.1, 0.15) is 42.3 Å². The Hall–Kier alpha value is -5.52. The van der Waals surface area contributed by atoms with Gasteiger partial charge in [-0.05, 0) is 62.9 Å². The molecule has 12 N–H and O–H groups in total. The minimum absolute atomic E-state index is 0.0990. The van der Waals surface area contributed by atoms with Crippen LogP contribution in [-0.4, -0.2) is 153 Å². The van der Waals surface area contributed by atoms with Crippen LogP contribution >= 0.6 is 11.8 Å². The van der Waals surface area contributed by atoms with Gasteiger partial charge in [0, 0.05) is 32.7 Å². The van der Waals surface area contributed by atoms with E-state index in [2.05, 4.69) is 42.5 Å². The average molecular weight is 905 g/mol. The number of thioether (sulfide) groups is 1. The van der Waals surface area contributed by atoms with E-state index < -0.39 is 152 Å². The summed E-state index contributed by atoms with van der Waals surface area (Å²) in [5.74, 6) is -11.4. The van der Waals surface area contributed by atoms with Crippen LogP contribution in [0.4, 0.5) is 0 Å². The number of hydrogen-bond acceptors (Lipinski definition) is 13. The van der Waals surface area contributed by atoms with Crippen molar-refractivity contribution >= 4 is 76.9 Å². The maximum Gasteiger partial charge on any atom is 0.303 e. The zero-order valence-corrected chi connectivity index (χ0v) is 37.0. The summed E-state index contributed by atoms with van der Waals surface area (Å²) in [5, 5.41) is 57.2. The first-order valence-electron chi connectivity index (χ1n) is 20.1. The highest BCUT2D eigenvalue weighted by atomic mass is 32.2. The Kier molecular flexibility index (Phi) is 27.0. The number of aliphatic hydroxyl groups is 1. The number of amides is 8. The Morgan fingerprint density at radius 1 is 0.500 bits per heavy atom. The van der Waals surface area contributed by atoms with E-state index >= 15 is 0 Å². The molecule has 23 nitrogen and oxygen atoms in total. The van der Waals surface area contributed by atoms with Crippen LogP contribution in [0.3, 0.4) is 0 Å². The second-order valence-electron chi connectivity index (χ2n) is 15.1. The van der Waals surface area contributed by atoms with Crippen molar-refractivity contribution in [2.75, 3.05) is 25.2 Å². The minimum Gasteiger partial charge on any atom is -0.481 e. The van der Waals surface area contributed by atoms with Crippen LogP contribution in [-0.2, 0) is 52.7 Å². The molecule has 0 aromatic carbocycles. The van der Waals surface area contributed by atoms with E-state index in [0.717, 1.165) is 0 Å². The Morgan fingerprint density at radius 3 is 1.24 bits per heavy atom. The van der Waals surface area contributed by atoms with E-state index in [9.17, 15) is 68.1 Å². The third kappa shape index (κ3) is 22.9. The van der Waals surface area contributed by atoms with Crippen molar-refractivity contribution in [1.82, 2.24) is 42.5 Å². The summed E-state index contributed by atoms with van der Waals surface area (Å²) in [5.41, 5.74) is 0. The van der Waals surface area contributed by atoms with Gasteiger partial charge in [-0.25, -0.2) is 0 Å². The van der Waals surface area contributed by atoms with Crippen molar-refractivity contribution in [3.63, 3.8) is 0 Å². The van der Waals surface area contributed by atoms with Crippen LogP contribution < -0.4 is 42.5 Å². The molecular formula is C38H64N8O15S. The fraction of sp³-hybridized carbons (Fsp3) is 0.711. The first kappa shape index (κ1) is 56.5. The van der Waals surface area contributed by atoms with E-state index in [4.69, 9.17) is 5.11 Å². The van der Waals surface area contributed by atoms with E-state index in [1.807, 2.05) is 6.26 Å². The summed E-state index contributed by atoms with van der Waals surface area (Å²) in [6, 6.07) is -10.1. The zero-order chi connectivity index (χ0) is 47.7. The van der Waals surface area contributed by atoms with Crippen molar-refractivity contribution in [3.05, 3.63) is 0 Å². The largest absolute Gasteiger partial charge is 0.481 e. The average Bonchev–Trinajstić information content (AvgIpc) is 3.17. The van der Waals surface area contributed by atoms with Gasteiger partial charge in [-0.2, -0.15) is 11.8 Å². The molecule has 0 saturated heterocycles. The minimum atomic E-state index is -1.70. The normalized spacial score (nSPS) is 14.4. The van der Waals surface area contributed by atoms with Crippen molar-refractivity contribution in [2.24, 2.45) is 11.8 Å². The van der Waals surface area contributed by atoms with Gasteiger partial charge in [0.25, 0.3) is 0 Å². The SMILES string of the molecule is CCNC(=O)[C@H](CCC(=O)O)NC(=O)[C@H](CCC(=O)O)NC(=O)[C@H](CCC(=O)O)NC(=O)[C@@H](NC(=O)[C@H](CO)NC(=O)[C@H](CC(C)C)NC(=O)[C@H](CCSC)NC(C)=O)C(C)C. The standard InChI is InChI=1S/C38H64N8O15S/c1-8-39-32(55)22(9-12-28(49)50)41-33(56)23(10-13-29(51)52)42-34(57)24(11-14-30(53)54)43-38(61)31(20(4)5)46-37(60)27(18-47)45-36(59)26(17-19(2)3)44-35(58)25(15-16-62-7)40-21(6)48/h19-20,22-27,31,47H,8-18H2,1-7H3,(H,39,55)(H,40,48)(H,41,56)(H,42,57)(H,43,61)(H,44,58)(H,45,59)(H,46,60)(H,49,50)(H,51,52)(H,53,54)/t22-,23-,24-,25-,26-,27-,31-/m0/s1. The molecule has 0 aliphatic rings. The smallest absolute Gasteiger partial charge is 0.303 e. The van der Waals surface area contributed by atoms with Crippen LogP contribution in [0, 0.1) is 11.8 Å². The maximum atomic E-state index is 13.7. The predicted octanol–water partition coefficient (Wildman–Crippen LogP) is -2.42. The van der Waals surface area contributed by atoms with Crippen LogP contribution in [0.15, 0.2) is 0 Å². The Morgan fingerprint density at radius 2 is 0.871 bits per heavy atom. The first-order valence-corrected chi connectivity index (χ1v) is 21.5. The summed E-state index contributed by atoms with van der Waals surface area (Å²) in [6.45, 7) is 8.52. The van der Waals surface area contributed by atoms with Gasteiger partial charge in [-0.3, -0.25) is 52.7 Å². The fourth-order valence-corrected chi connectivity index (χ4v) is 6.17. The molecule has 0 radical (unpaired) electrons. The van der Waals surface area contributed by atoms with Crippen LogP contribution in [0.25, 0.3) is 0 Å². The van der Waals surface area contributed by atoms with Gasteiger partial charge in [-0.15, -0.1) is 0 Å². The molecule has 0 aromatic heterocycles. The molecule has 0 rings (SSSR count). The number of nitrogens with one attached hydrogen (secondary N) is 8. The Balaban J connectivity index is 6.34. The highest BCUT2D eigenvalue weighted by molar-refractivity contribution is 7.98. The molecule has 7 atom stereocenters. The second-order valence-corrected chi connectivity index (χ2v) is 16.1. The fourth-order valence-electron chi connectivity index (χ4n) is 5.69. The number of rotatable bonds is 31. The molecule has 0 unspecified atom stereocenters. The molecule has 0 aliphatic carbocycles. The van der Waals surface area contributed by atoms with Gasteiger partial charge in [-0.1, -0.05) is 27.7 Å². The third-order valence-electron chi connectivity index (χ3n) is 8.90. The highest BCUT2D eigenvalue weighted by Gasteiger charge is 2.35. The summed E-state index contributed by atoms with van der Waals surface area (Å²) < 4.78 is 0. The maximum absolute atomic E-state index is 13.7. The number of aliphatic carboxylic acids is 3. The number of aliphatic hydroxyl groups excluding tert-OH is 1. The molecule has 62 heavy (non-hydrogen) atoms. The molecule has 0 spiro atoms. The van der Waals surface area contributed by atoms with Gasteiger partial charge in [0.15, 0.2) is 0 Å². The van der Waals surface area contributed by atoms with Crippen LogP contribution in [0.1, 0.15) is 92.9 Å². The van der Waals surface area contributed by atoms with E-state index in [1.54, 1.807) is 20.8 Å². The summed E-state index contributed by atoms with van der Waals surface area (Å²) >= 11 is 1.44. The molecular weight excluding hydrogens is 841 g/mol. The molecule has 0 fully saturated rings. The van der Waals surface area contributed by atoms with Gasteiger partial charge < -0.3 is 63.0 Å². The lowest BCUT2D eigenvalue weighted by Gasteiger charge is -2.29. The Labute approximate surface area is 364 Å². The highest BCUT2D eigenvalue weighted by Crippen LogP contribution is 2.11. The first-order chi connectivity index (χ1) is 29.0. The Bertz CT molecular complexity index is 1580. The van der Waals surface area contributed by atoms with E-state index in [-0.39, 0.29) is 31.7 Å². The number of carbonyl (C=O) groups excluding carboxylic acids is 8. The quantitative estimate of drug-likeness (QED) is 0.0344. The zero-order valence-electron chi connectivity index (χ0n) is 36.2. The summed E-state index contributed by atoms with van der Waals surface area (Å²) in [7, 11) is 0. The lowest BCUT2D eigenvalue weighted by Crippen LogP contribution is -2.61. The molecule has 0 saturated carbocycles. The molecule has 0 heterocycles. The number of carboxylic acids is 3. The van der Waals surface area contributed by atoms with Gasteiger partial charge in [0.2, 0.25) is 47.3 Å². The molecule has 0 aliphatic heterocycles.